The van der Waals surface area contributed by atoms with Crippen LogP contribution in [0.1, 0.15) is 19.8 Å². The van der Waals surface area contributed by atoms with Crippen LogP contribution >= 0.6 is 0 Å². The van der Waals surface area contributed by atoms with Crippen molar-refractivity contribution < 1.29 is 4.39 Å². The number of nitrogens with zero attached hydrogens (tertiary/aromatic N) is 3. The lowest BCUT2D eigenvalue weighted by molar-refractivity contribution is 0.268. The smallest absolute Gasteiger partial charge is 0.201 e. The van der Waals surface area contributed by atoms with Crippen LogP contribution in [0.3, 0.4) is 0 Å². The summed E-state index contributed by atoms with van der Waals surface area (Å²) in [5, 5.41) is 0. The Balaban J connectivity index is 1.83. The molecule has 0 spiro atoms. The highest BCUT2D eigenvalue weighted by molar-refractivity contribution is 5.78. The molecular weight excluding hydrogens is 243 g/mol. The van der Waals surface area contributed by atoms with Gasteiger partial charge in [0.2, 0.25) is 5.95 Å². The molecule has 19 heavy (non-hydrogen) atoms. The van der Waals surface area contributed by atoms with E-state index >= 15 is 0 Å². The second-order valence-electron chi connectivity index (χ2n) is 5.11. The van der Waals surface area contributed by atoms with Crippen molar-refractivity contribution >= 4 is 17.0 Å². The minimum absolute atomic E-state index is 0.247. The van der Waals surface area contributed by atoms with Crippen LogP contribution in [0, 0.1) is 5.82 Å². The first kappa shape index (κ1) is 12.4. The number of anilines is 1. The number of imidazole rings is 1. The highest BCUT2D eigenvalue weighted by Gasteiger charge is 2.27. The van der Waals surface area contributed by atoms with Gasteiger partial charge in [-0.05, 0) is 37.6 Å². The molecule has 1 fully saturated rings. The molecule has 3 rings (SSSR count). The molecule has 1 aromatic carbocycles. The highest BCUT2D eigenvalue weighted by Crippen LogP contribution is 2.27. The topological polar surface area (TPSA) is 47.1 Å². The SMILES string of the molecule is CCN(CCn1c(N)nc2ccc(F)cc21)C1CC1. The van der Waals surface area contributed by atoms with Crippen LogP contribution in [-0.4, -0.2) is 33.6 Å². The second-order valence-corrected chi connectivity index (χ2v) is 5.11. The lowest BCUT2D eigenvalue weighted by atomic mass is 10.3. The van der Waals surface area contributed by atoms with Gasteiger partial charge in [0.15, 0.2) is 0 Å². The number of nitrogens with two attached hydrogens (primary N) is 1. The number of fused-ring (bicyclic) bond motifs is 1. The zero-order chi connectivity index (χ0) is 13.4. The Morgan fingerprint density at radius 2 is 2.26 bits per heavy atom. The van der Waals surface area contributed by atoms with E-state index in [1.807, 2.05) is 4.57 Å². The Morgan fingerprint density at radius 3 is 2.95 bits per heavy atom. The van der Waals surface area contributed by atoms with E-state index in [9.17, 15) is 4.39 Å². The largest absolute Gasteiger partial charge is 0.369 e. The summed E-state index contributed by atoms with van der Waals surface area (Å²) in [5.41, 5.74) is 7.47. The normalized spacial score (nSPS) is 15.5. The van der Waals surface area contributed by atoms with E-state index in [1.54, 1.807) is 6.07 Å². The zero-order valence-electron chi connectivity index (χ0n) is 11.1. The van der Waals surface area contributed by atoms with Gasteiger partial charge in [-0.1, -0.05) is 6.92 Å². The minimum Gasteiger partial charge on any atom is -0.369 e. The summed E-state index contributed by atoms with van der Waals surface area (Å²) in [4.78, 5) is 6.72. The van der Waals surface area contributed by atoms with E-state index in [1.165, 1.54) is 25.0 Å². The van der Waals surface area contributed by atoms with Gasteiger partial charge in [-0.2, -0.15) is 0 Å². The van der Waals surface area contributed by atoms with Crippen molar-refractivity contribution in [3.05, 3.63) is 24.0 Å². The van der Waals surface area contributed by atoms with E-state index < -0.39 is 0 Å². The first-order valence-corrected chi connectivity index (χ1v) is 6.84. The molecule has 1 aliphatic rings. The molecule has 0 saturated heterocycles. The lowest BCUT2D eigenvalue weighted by Gasteiger charge is -2.20. The van der Waals surface area contributed by atoms with Crippen molar-refractivity contribution in [3.63, 3.8) is 0 Å². The Bertz CT molecular complexity index is 588. The zero-order valence-corrected chi connectivity index (χ0v) is 11.1. The van der Waals surface area contributed by atoms with E-state index in [-0.39, 0.29) is 5.82 Å². The summed E-state index contributed by atoms with van der Waals surface area (Å²) in [6, 6.07) is 5.33. The standard InChI is InChI=1S/C14H19FN4/c1-2-18(11-4-5-11)7-8-19-13-9-10(15)3-6-12(13)17-14(19)16/h3,6,9,11H,2,4-5,7-8H2,1H3,(H2,16,17). The molecule has 0 bridgehead atoms. The van der Waals surface area contributed by atoms with Gasteiger partial charge in [0.05, 0.1) is 11.0 Å². The van der Waals surface area contributed by atoms with Crippen LogP contribution in [0.4, 0.5) is 10.3 Å². The summed E-state index contributed by atoms with van der Waals surface area (Å²) >= 11 is 0. The fourth-order valence-corrected chi connectivity index (χ4v) is 2.62. The molecule has 0 unspecified atom stereocenters. The molecule has 0 aliphatic heterocycles. The van der Waals surface area contributed by atoms with Crippen LogP contribution in [0.5, 0.6) is 0 Å². The van der Waals surface area contributed by atoms with Crippen LogP contribution < -0.4 is 5.73 Å². The third kappa shape index (κ3) is 2.42. The highest BCUT2D eigenvalue weighted by atomic mass is 19.1. The lowest BCUT2D eigenvalue weighted by Crippen LogP contribution is -2.29. The first-order valence-electron chi connectivity index (χ1n) is 6.84. The van der Waals surface area contributed by atoms with Crippen LogP contribution in [0.15, 0.2) is 18.2 Å². The van der Waals surface area contributed by atoms with Crippen LogP contribution in [-0.2, 0) is 6.54 Å². The Labute approximate surface area is 112 Å². The Morgan fingerprint density at radius 1 is 1.47 bits per heavy atom. The van der Waals surface area contributed by atoms with E-state index in [4.69, 9.17) is 5.73 Å². The van der Waals surface area contributed by atoms with Gasteiger partial charge in [0.1, 0.15) is 5.82 Å². The van der Waals surface area contributed by atoms with Crippen molar-refractivity contribution in [2.75, 3.05) is 18.8 Å². The monoisotopic (exact) mass is 262 g/mol. The molecule has 1 aliphatic carbocycles. The molecule has 1 heterocycles. The average molecular weight is 262 g/mol. The molecule has 4 nitrogen and oxygen atoms in total. The molecule has 2 aromatic rings. The quantitative estimate of drug-likeness (QED) is 0.899. The van der Waals surface area contributed by atoms with Gasteiger partial charge in [-0.15, -0.1) is 0 Å². The molecule has 0 atom stereocenters. The number of halogens is 1. The van der Waals surface area contributed by atoms with Crippen LogP contribution in [0.25, 0.3) is 11.0 Å². The molecule has 0 radical (unpaired) electrons. The summed E-state index contributed by atoms with van der Waals surface area (Å²) in [6.07, 6.45) is 2.59. The average Bonchev–Trinajstić information content (AvgIpc) is 3.17. The Hall–Kier alpha value is -1.62. The predicted molar refractivity (Wildman–Crippen MR) is 74.4 cm³/mol. The number of hydrogen-bond donors (Lipinski definition) is 1. The van der Waals surface area contributed by atoms with Crippen molar-refractivity contribution in [1.82, 2.24) is 14.5 Å². The van der Waals surface area contributed by atoms with Crippen LogP contribution in [0.2, 0.25) is 0 Å². The summed E-state index contributed by atoms with van der Waals surface area (Å²) in [7, 11) is 0. The van der Waals surface area contributed by atoms with Crippen molar-refractivity contribution in [3.8, 4) is 0 Å². The van der Waals surface area contributed by atoms with E-state index in [2.05, 4.69) is 16.8 Å². The van der Waals surface area contributed by atoms with E-state index in [0.717, 1.165) is 36.7 Å². The molecule has 0 amide bonds. The molecule has 2 N–H and O–H groups in total. The van der Waals surface area contributed by atoms with Gasteiger partial charge >= 0.3 is 0 Å². The fraction of sp³-hybridized carbons (Fsp3) is 0.500. The summed E-state index contributed by atoms with van der Waals surface area (Å²) in [6.45, 7) is 4.92. The summed E-state index contributed by atoms with van der Waals surface area (Å²) < 4.78 is 15.2. The number of benzene rings is 1. The number of nitrogen functional groups attached to an aromatic ring is 1. The number of aromatic nitrogens is 2. The fourth-order valence-electron chi connectivity index (χ4n) is 2.62. The maximum absolute atomic E-state index is 13.3. The number of hydrogen-bond acceptors (Lipinski definition) is 3. The second kappa shape index (κ2) is 4.81. The maximum atomic E-state index is 13.3. The third-order valence-electron chi connectivity index (χ3n) is 3.82. The van der Waals surface area contributed by atoms with E-state index in [0.29, 0.717) is 5.95 Å². The molecule has 102 valence electrons. The first-order chi connectivity index (χ1) is 9.19. The maximum Gasteiger partial charge on any atom is 0.201 e. The Kier molecular flexibility index (Phi) is 3.14. The number of rotatable bonds is 5. The molecular formula is C14H19FN4. The van der Waals surface area contributed by atoms with Gasteiger partial charge in [0.25, 0.3) is 0 Å². The number of likely N-dealkylation sites (N-methyl/N-ethyl adjacent to an activating group) is 1. The molecule has 1 aromatic heterocycles. The predicted octanol–water partition coefficient (Wildman–Crippen LogP) is 2.24. The van der Waals surface area contributed by atoms with Gasteiger partial charge in [0, 0.05) is 19.1 Å². The van der Waals surface area contributed by atoms with Gasteiger partial charge < -0.3 is 10.3 Å². The third-order valence-corrected chi connectivity index (χ3v) is 3.82. The van der Waals surface area contributed by atoms with Gasteiger partial charge in [-0.25, -0.2) is 9.37 Å². The van der Waals surface area contributed by atoms with Crippen molar-refractivity contribution in [1.29, 1.82) is 0 Å². The molecule has 1 saturated carbocycles. The summed E-state index contributed by atoms with van der Waals surface area (Å²) in [5.74, 6) is 0.218. The van der Waals surface area contributed by atoms with Crippen molar-refractivity contribution in [2.24, 2.45) is 0 Å². The van der Waals surface area contributed by atoms with Crippen molar-refractivity contribution in [2.45, 2.75) is 32.4 Å². The minimum atomic E-state index is -0.247. The molecule has 5 heteroatoms. The van der Waals surface area contributed by atoms with Gasteiger partial charge in [-0.3, -0.25) is 4.90 Å².